The fourth-order valence-corrected chi connectivity index (χ4v) is 1.53. The SMILES string of the molecule is CC1=CCC(C)N1C(=O)OC(C)(C)C. The van der Waals surface area contributed by atoms with Gasteiger partial charge in [0.2, 0.25) is 0 Å². The second kappa shape index (κ2) is 3.64. The summed E-state index contributed by atoms with van der Waals surface area (Å²) < 4.78 is 5.31. The average molecular weight is 197 g/mol. The Hall–Kier alpha value is -0.990. The highest BCUT2D eigenvalue weighted by Crippen LogP contribution is 2.23. The highest BCUT2D eigenvalue weighted by molar-refractivity contribution is 5.71. The van der Waals surface area contributed by atoms with Gasteiger partial charge in [-0.1, -0.05) is 6.08 Å². The Bertz CT molecular complexity index is 263. The maximum Gasteiger partial charge on any atom is 0.414 e. The maximum absolute atomic E-state index is 11.7. The van der Waals surface area contributed by atoms with E-state index in [0.717, 1.165) is 12.1 Å². The number of hydrogen-bond acceptors (Lipinski definition) is 2. The monoisotopic (exact) mass is 197 g/mol. The lowest BCUT2D eigenvalue weighted by Gasteiger charge is -2.28. The largest absolute Gasteiger partial charge is 0.443 e. The summed E-state index contributed by atoms with van der Waals surface area (Å²) in [4.78, 5) is 13.5. The number of carbonyl (C=O) groups excluding carboxylic acids is 1. The molecule has 0 aromatic carbocycles. The quantitative estimate of drug-likeness (QED) is 0.597. The topological polar surface area (TPSA) is 29.5 Å². The van der Waals surface area contributed by atoms with Crippen molar-refractivity contribution in [2.24, 2.45) is 0 Å². The Morgan fingerprint density at radius 3 is 2.50 bits per heavy atom. The van der Waals surface area contributed by atoms with Crippen LogP contribution in [0, 0.1) is 0 Å². The van der Waals surface area contributed by atoms with E-state index in [1.165, 1.54) is 0 Å². The van der Waals surface area contributed by atoms with Gasteiger partial charge in [-0.2, -0.15) is 0 Å². The first-order valence-corrected chi connectivity index (χ1v) is 5.00. The van der Waals surface area contributed by atoms with E-state index in [9.17, 15) is 4.79 Å². The van der Waals surface area contributed by atoms with Crippen molar-refractivity contribution in [2.75, 3.05) is 0 Å². The molecule has 0 aromatic rings. The van der Waals surface area contributed by atoms with Crippen LogP contribution >= 0.6 is 0 Å². The predicted octanol–water partition coefficient (Wildman–Crippen LogP) is 2.92. The van der Waals surface area contributed by atoms with E-state index in [4.69, 9.17) is 4.74 Å². The van der Waals surface area contributed by atoms with Crippen LogP contribution in [-0.2, 0) is 4.74 Å². The molecule has 0 aliphatic carbocycles. The zero-order chi connectivity index (χ0) is 10.9. The zero-order valence-corrected chi connectivity index (χ0v) is 9.63. The van der Waals surface area contributed by atoms with Gasteiger partial charge in [0, 0.05) is 11.7 Å². The summed E-state index contributed by atoms with van der Waals surface area (Å²) in [6, 6.07) is 0.227. The number of ether oxygens (including phenoxy) is 1. The molecule has 1 rings (SSSR count). The van der Waals surface area contributed by atoms with E-state index >= 15 is 0 Å². The van der Waals surface area contributed by atoms with E-state index in [2.05, 4.69) is 6.08 Å². The lowest BCUT2D eigenvalue weighted by molar-refractivity contribution is 0.0277. The fourth-order valence-electron chi connectivity index (χ4n) is 1.53. The van der Waals surface area contributed by atoms with Gasteiger partial charge in [0.15, 0.2) is 0 Å². The summed E-state index contributed by atoms with van der Waals surface area (Å²) in [7, 11) is 0. The van der Waals surface area contributed by atoms with Crippen molar-refractivity contribution in [3.63, 3.8) is 0 Å². The number of nitrogens with zero attached hydrogens (tertiary/aromatic N) is 1. The van der Waals surface area contributed by atoms with E-state index in [-0.39, 0.29) is 12.1 Å². The van der Waals surface area contributed by atoms with Crippen molar-refractivity contribution >= 4 is 6.09 Å². The van der Waals surface area contributed by atoms with Crippen LogP contribution in [0.25, 0.3) is 0 Å². The first kappa shape index (κ1) is 11.1. The molecule has 0 fully saturated rings. The third kappa shape index (κ3) is 2.50. The molecule has 1 heterocycles. The van der Waals surface area contributed by atoms with Gasteiger partial charge in [-0.3, -0.25) is 4.90 Å². The summed E-state index contributed by atoms with van der Waals surface area (Å²) in [5.74, 6) is 0. The number of carbonyl (C=O) groups is 1. The molecule has 1 aliphatic rings. The fraction of sp³-hybridized carbons (Fsp3) is 0.727. The van der Waals surface area contributed by atoms with Crippen molar-refractivity contribution < 1.29 is 9.53 Å². The number of amides is 1. The van der Waals surface area contributed by atoms with Crippen LogP contribution in [0.15, 0.2) is 11.8 Å². The molecular weight excluding hydrogens is 178 g/mol. The van der Waals surface area contributed by atoms with Gasteiger partial charge in [0.05, 0.1) is 0 Å². The van der Waals surface area contributed by atoms with Gasteiger partial charge >= 0.3 is 6.09 Å². The molecule has 0 saturated carbocycles. The zero-order valence-electron chi connectivity index (χ0n) is 9.63. The standard InChI is InChI=1S/C11H19NO2/c1-8-6-7-9(2)12(8)10(13)14-11(3,4)5/h6,9H,7H2,1-5H3. The molecule has 1 amide bonds. The van der Waals surface area contributed by atoms with E-state index in [0.29, 0.717) is 0 Å². The number of rotatable bonds is 0. The molecule has 0 saturated heterocycles. The van der Waals surface area contributed by atoms with E-state index in [1.54, 1.807) is 4.90 Å². The van der Waals surface area contributed by atoms with Gasteiger partial charge in [-0.05, 0) is 41.0 Å². The van der Waals surface area contributed by atoms with Gasteiger partial charge in [0.1, 0.15) is 5.60 Å². The molecule has 1 aliphatic heterocycles. The van der Waals surface area contributed by atoms with Gasteiger partial charge < -0.3 is 4.74 Å². The molecule has 3 nitrogen and oxygen atoms in total. The van der Waals surface area contributed by atoms with Crippen LogP contribution in [-0.4, -0.2) is 22.6 Å². The normalized spacial score (nSPS) is 22.2. The van der Waals surface area contributed by atoms with E-state index < -0.39 is 5.60 Å². The Labute approximate surface area is 85.7 Å². The minimum Gasteiger partial charge on any atom is -0.443 e. The summed E-state index contributed by atoms with van der Waals surface area (Å²) in [5, 5.41) is 0. The number of hydrogen-bond donors (Lipinski definition) is 0. The van der Waals surface area contributed by atoms with Crippen LogP contribution < -0.4 is 0 Å². The molecule has 0 spiro atoms. The molecule has 80 valence electrons. The Morgan fingerprint density at radius 2 is 2.14 bits per heavy atom. The van der Waals surface area contributed by atoms with Crippen LogP contribution in [0.1, 0.15) is 41.0 Å². The van der Waals surface area contributed by atoms with Crippen LogP contribution in [0.3, 0.4) is 0 Å². The highest BCUT2D eigenvalue weighted by Gasteiger charge is 2.29. The smallest absolute Gasteiger partial charge is 0.414 e. The molecule has 0 N–H and O–H groups in total. The molecule has 1 atom stereocenters. The molecule has 0 aromatic heterocycles. The van der Waals surface area contributed by atoms with Crippen LogP contribution in [0.5, 0.6) is 0 Å². The average Bonchev–Trinajstić information content (AvgIpc) is 2.27. The lowest BCUT2D eigenvalue weighted by Crippen LogP contribution is -2.38. The molecule has 3 heteroatoms. The maximum atomic E-state index is 11.7. The molecule has 0 radical (unpaired) electrons. The van der Waals surface area contributed by atoms with Crippen molar-refractivity contribution in [2.45, 2.75) is 52.7 Å². The predicted molar refractivity (Wildman–Crippen MR) is 55.9 cm³/mol. The molecule has 1 unspecified atom stereocenters. The van der Waals surface area contributed by atoms with E-state index in [1.807, 2.05) is 34.6 Å². The van der Waals surface area contributed by atoms with Crippen molar-refractivity contribution in [3.8, 4) is 0 Å². The Balaban J connectivity index is 2.66. The summed E-state index contributed by atoms with van der Waals surface area (Å²) in [6.45, 7) is 9.60. The first-order chi connectivity index (χ1) is 6.31. The van der Waals surface area contributed by atoms with Crippen molar-refractivity contribution in [3.05, 3.63) is 11.8 Å². The molecular formula is C11H19NO2. The molecule has 0 bridgehead atoms. The van der Waals surface area contributed by atoms with Crippen molar-refractivity contribution in [1.29, 1.82) is 0 Å². The second-order valence-electron chi connectivity index (χ2n) is 4.78. The third-order valence-corrected chi connectivity index (χ3v) is 2.17. The van der Waals surface area contributed by atoms with Crippen LogP contribution in [0.2, 0.25) is 0 Å². The van der Waals surface area contributed by atoms with Crippen molar-refractivity contribution in [1.82, 2.24) is 4.90 Å². The summed E-state index contributed by atoms with van der Waals surface area (Å²) >= 11 is 0. The van der Waals surface area contributed by atoms with Gasteiger partial charge in [-0.15, -0.1) is 0 Å². The Morgan fingerprint density at radius 1 is 1.57 bits per heavy atom. The second-order valence-corrected chi connectivity index (χ2v) is 4.78. The third-order valence-electron chi connectivity index (χ3n) is 2.17. The summed E-state index contributed by atoms with van der Waals surface area (Å²) in [6.07, 6.45) is 2.75. The number of allylic oxidation sites excluding steroid dienone is 1. The lowest BCUT2D eigenvalue weighted by atomic mass is 10.2. The first-order valence-electron chi connectivity index (χ1n) is 5.00. The van der Waals surface area contributed by atoms with Gasteiger partial charge in [-0.25, -0.2) is 4.79 Å². The van der Waals surface area contributed by atoms with Crippen LogP contribution in [0.4, 0.5) is 4.79 Å². The molecule has 14 heavy (non-hydrogen) atoms. The van der Waals surface area contributed by atoms with Gasteiger partial charge in [0.25, 0.3) is 0 Å². The Kier molecular flexibility index (Phi) is 2.88. The summed E-state index contributed by atoms with van der Waals surface area (Å²) in [5.41, 5.74) is 0.575. The highest BCUT2D eigenvalue weighted by atomic mass is 16.6. The minimum atomic E-state index is -0.417. The minimum absolute atomic E-state index is 0.227.